The minimum atomic E-state index is 0.360. The molecule has 3 heteroatoms. The van der Waals surface area contributed by atoms with Crippen LogP contribution in [0.15, 0.2) is 18.2 Å². The summed E-state index contributed by atoms with van der Waals surface area (Å²) in [4.78, 5) is 0. The van der Waals surface area contributed by atoms with Crippen LogP contribution in [-0.2, 0) is 4.74 Å². The number of rotatable bonds is 4. The van der Waals surface area contributed by atoms with Crippen LogP contribution in [0.25, 0.3) is 0 Å². The molecule has 102 valence electrons. The van der Waals surface area contributed by atoms with E-state index in [0.29, 0.717) is 18.6 Å². The number of hydrogen-bond donors (Lipinski definition) is 0. The molecule has 1 aliphatic heterocycles. The lowest BCUT2D eigenvalue weighted by Crippen LogP contribution is -2.10. The van der Waals surface area contributed by atoms with Crippen molar-refractivity contribution in [3.63, 3.8) is 0 Å². The van der Waals surface area contributed by atoms with Crippen molar-refractivity contribution in [2.75, 3.05) is 19.1 Å². The van der Waals surface area contributed by atoms with Crippen molar-refractivity contribution in [1.82, 2.24) is 0 Å². The molecule has 0 bridgehead atoms. The second kappa shape index (κ2) is 7.43. The Bertz CT molecular complexity index is 467. The van der Waals surface area contributed by atoms with Crippen LogP contribution in [-0.4, -0.2) is 25.2 Å². The van der Waals surface area contributed by atoms with E-state index < -0.39 is 0 Å². The van der Waals surface area contributed by atoms with Crippen LogP contribution in [0.3, 0.4) is 0 Å². The molecule has 1 fully saturated rings. The number of benzene rings is 1. The topological polar surface area (TPSA) is 18.5 Å². The van der Waals surface area contributed by atoms with Crippen molar-refractivity contribution < 1.29 is 9.47 Å². The molecule has 1 aromatic rings. The average molecular weight is 279 g/mol. The zero-order valence-corrected chi connectivity index (χ0v) is 12.0. The van der Waals surface area contributed by atoms with Gasteiger partial charge >= 0.3 is 0 Å². The number of aryl methyl sites for hydroxylation is 1. The van der Waals surface area contributed by atoms with Gasteiger partial charge in [0.15, 0.2) is 0 Å². The van der Waals surface area contributed by atoms with Crippen molar-refractivity contribution in [3.05, 3.63) is 29.3 Å². The summed E-state index contributed by atoms with van der Waals surface area (Å²) < 4.78 is 11.3. The first-order valence-corrected chi connectivity index (χ1v) is 7.23. The van der Waals surface area contributed by atoms with E-state index in [0.717, 1.165) is 36.3 Å². The molecule has 19 heavy (non-hydrogen) atoms. The second-order valence-electron chi connectivity index (χ2n) is 4.68. The van der Waals surface area contributed by atoms with Gasteiger partial charge in [-0.3, -0.25) is 0 Å². The molecule has 1 aliphatic rings. The van der Waals surface area contributed by atoms with Gasteiger partial charge in [0.1, 0.15) is 5.75 Å². The fourth-order valence-electron chi connectivity index (χ4n) is 2.18. The van der Waals surface area contributed by atoms with E-state index in [1.54, 1.807) is 0 Å². The Morgan fingerprint density at radius 3 is 3.05 bits per heavy atom. The van der Waals surface area contributed by atoms with Gasteiger partial charge in [0, 0.05) is 18.6 Å². The summed E-state index contributed by atoms with van der Waals surface area (Å²) in [5, 5.41) is 0. The molecule has 0 saturated carbocycles. The molecule has 0 amide bonds. The molecule has 1 unspecified atom stereocenters. The number of alkyl halides is 1. The minimum Gasteiger partial charge on any atom is -0.493 e. The molecule has 1 aromatic carbocycles. The summed E-state index contributed by atoms with van der Waals surface area (Å²) >= 11 is 5.56. The Morgan fingerprint density at radius 1 is 1.47 bits per heavy atom. The van der Waals surface area contributed by atoms with E-state index in [1.807, 2.05) is 25.1 Å². The highest BCUT2D eigenvalue weighted by atomic mass is 35.5. The predicted octanol–water partition coefficient (Wildman–Crippen LogP) is 3.53. The van der Waals surface area contributed by atoms with Gasteiger partial charge in [0.25, 0.3) is 0 Å². The molecular weight excluding hydrogens is 260 g/mol. The van der Waals surface area contributed by atoms with Gasteiger partial charge < -0.3 is 9.47 Å². The molecule has 0 radical (unpaired) electrons. The van der Waals surface area contributed by atoms with Crippen LogP contribution in [0, 0.1) is 18.8 Å². The molecule has 2 nitrogen and oxygen atoms in total. The van der Waals surface area contributed by atoms with E-state index in [4.69, 9.17) is 21.1 Å². The molecule has 1 atom stereocenters. The maximum atomic E-state index is 5.75. The van der Waals surface area contributed by atoms with E-state index in [1.165, 1.54) is 6.42 Å². The van der Waals surface area contributed by atoms with E-state index in [-0.39, 0.29) is 0 Å². The fraction of sp³-hybridized carbons (Fsp3) is 0.500. The Kier molecular flexibility index (Phi) is 5.57. The van der Waals surface area contributed by atoms with Gasteiger partial charge in [-0.25, -0.2) is 0 Å². The Balaban J connectivity index is 1.85. The number of hydrogen-bond acceptors (Lipinski definition) is 2. The van der Waals surface area contributed by atoms with Gasteiger partial charge in [0.2, 0.25) is 0 Å². The zero-order valence-electron chi connectivity index (χ0n) is 11.2. The third-order valence-corrected chi connectivity index (χ3v) is 3.35. The predicted molar refractivity (Wildman–Crippen MR) is 77.9 cm³/mol. The second-order valence-corrected chi connectivity index (χ2v) is 4.95. The standard InChI is InChI=1S/C16H19ClO2/c1-13-12-16(7-6-14(13)4-2-9-17)19-11-8-15-5-3-10-18-15/h6-7,12,15H,3,5,8-11H2,1H3. The lowest BCUT2D eigenvalue weighted by Gasteiger charge is -2.11. The molecule has 0 spiro atoms. The monoisotopic (exact) mass is 278 g/mol. The van der Waals surface area contributed by atoms with Gasteiger partial charge in [0.05, 0.1) is 18.6 Å². The van der Waals surface area contributed by atoms with Gasteiger partial charge in [-0.1, -0.05) is 11.8 Å². The SMILES string of the molecule is Cc1cc(OCCC2CCCO2)ccc1C#CCCl. The first-order valence-electron chi connectivity index (χ1n) is 6.69. The van der Waals surface area contributed by atoms with Gasteiger partial charge in [-0.2, -0.15) is 0 Å². The first kappa shape index (κ1) is 14.2. The smallest absolute Gasteiger partial charge is 0.119 e. The zero-order chi connectivity index (χ0) is 13.5. The van der Waals surface area contributed by atoms with E-state index >= 15 is 0 Å². The Hall–Kier alpha value is -1.17. The molecule has 1 saturated heterocycles. The number of halogens is 1. The van der Waals surface area contributed by atoms with Gasteiger partial charge in [-0.05, 0) is 43.5 Å². The highest BCUT2D eigenvalue weighted by Crippen LogP contribution is 2.19. The summed E-state index contributed by atoms with van der Waals surface area (Å²) in [5.74, 6) is 7.15. The summed E-state index contributed by atoms with van der Waals surface area (Å²) in [6, 6.07) is 5.96. The molecule has 2 rings (SSSR count). The lowest BCUT2D eigenvalue weighted by molar-refractivity contribution is 0.0903. The minimum absolute atomic E-state index is 0.360. The largest absolute Gasteiger partial charge is 0.493 e. The summed E-state index contributed by atoms with van der Waals surface area (Å²) in [6.07, 6.45) is 3.69. The molecular formula is C16H19ClO2. The third kappa shape index (κ3) is 4.45. The molecule has 0 N–H and O–H groups in total. The highest BCUT2D eigenvalue weighted by Gasteiger charge is 2.14. The summed E-state index contributed by atoms with van der Waals surface area (Å²) in [7, 11) is 0. The maximum Gasteiger partial charge on any atom is 0.119 e. The molecule has 0 aliphatic carbocycles. The highest BCUT2D eigenvalue weighted by molar-refractivity contribution is 6.19. The first-order chi connectivity index (χ1) is 9.29. The summed E-state index contributed by atoms with van der Waals surface area (Å²) in [5.41, 5.74) is 2.12. The van der Waals surface area contributed by atoms with Crippen molar-refractivity contribution in [2.24, 2.45) is 0 Å². The van der Waals surface area contributed by atoms with Crippen LogP contribution >= 0.6 is 11.6 Å². The molecule has 0 aromatic heterocycles. The van der Waals surface area contributed by atoms with Crippen molar-refractivity contribution in [2.45, 2.75) is 32.3 Å². The van der Waals surface area contributed by atoms with Crippen LogP contribution < -0.4 is 4.74 Å². The fourth-order valence-corrected chi connectivity index (χ4v) is 2.24. The normalized spacial score (nSPS) is 17.9. The van der Waals surface area contributed by atoms with Gasteiger partial charge in [-0.15, -0.1) is 11.6 Å². The van der Waals surface area contributed by atoms with E-state index in [2.05, 4.69) is 11.8 Å². The van der Waals surface area contributed by atoms with E-state index in [9.17, 15) is 0 Å². The Morgan fingerprint density at radius 2 is 2.37 bits per heavy atom. The Labute approximate surface area is 120 Å². The van der Waals surface area contributed by atoms with Crippen LogP contribution in [0.1, 0.15) is 30.4 Å². The van der Waals surface area contributed by atoms with Crippen molar-refractivity contribution >= 4 is 11.6 Å². The summed E-state index contributed by atoms with van der Waals surface area (Å²) in [6.45, 7) is 3.64. The molecule has 1 heterocycles. The van der Waals surface area contributed by atoms with Crippen LogP contribution in [0.4, 0.5) is 0 Å². The maximum absolute atomic E-state index is 5.75. The lowest BCUT2D eigenvalue weighted by atomic mass is 10.1. The van der Waals surface area contributed by atoms with Crippen molar-refractivity contribution in [1.29, 1.82) is 0 Å². The average Bonchev–Trinajstić information content (AvgIpc) is 2.91. The van der Waals surface area contributed by atoms with Crippen LogP contribution in [0.2, 0.25) is 0 Å². The quantitative estimate of drug-likeness (QED) is 0.620. The third-order valence-electron chi connectivity index (χ3n) is 3.22. The van der Waals surface area contributed by atoms with Crippen LogP contribution in [0.5, 0.6) is 5.75 Å². The van der Waals surface area contributed by atoms with Crippen molar-refractivity contribution in [3.8, 4) is 17.6 Å². The number of ether oxygens (including phenoxy) is 2.